The third-order valence-corrected chi connectivity index (χ3v) is 4.22. The molecule has 1 aromatic carbocycles. The Bertz CT molecular complexity index is 513. The third kappa shape index (κ3) is 3.84. The highest BCUT2D eigenvalue weighted by molar-refractivity contribution is 5.94. The molecule has 21 heavy (non-hydrogen) atoms. The molecule has 2 aliphatic carbocycles. The highest BCUT2D eigenvalue weighted by Crippen LogP contribution is 2.29. The Labute approximate surface area is 124 Å². The minimum absolute atomic E-state index is 0.0255. The topological polar surface area (TPSA) is 55.4 Å². The van der Waals surface area contributed by atoms with E-state index in [-0.39, 0.29) is 24.2 Å². The molecule has 0 atom stereocenters. The highest BCUT2D eigenvalue weighted by Gasteiger charge is 2.29. The highest BCUT2D eigenvalue weighted by atomic mass is 16.5. The first-order valence-electron chi connectivity index (χ1n) is 7.79. The van der Waals surface area contributed by atoms with Gasteiger partial charge in [0.15, 0.2) is 5.78 Å². The summed E-state index contributed by atoms with van der Waals surface area (Å²) in [7, 11) is 0. The van der Waals surface area contributed by atoms with E-state index in [9.17, 15) is 9.59 Å². The summed E-state index contributed by atoms with van der Waals surface area (Å²) in [5, 5.41) is 3.05. The van der Waals surface area contributed by atoms with Crippen molar-refractivity contribution >= 4 is 11.7 Å². The molecule has 0 spiro atoms. The number of amides is 1. The number of hydrogen-bond acceptors (Lipinski definition) is 3. The van der Waals surface area contributed by atoms with E-state index in [2.05, 4.69) is 5.32 Å². The number of ketones is 1. The molecule has 1 amide bonds. The second-order valence-corrected chi connectivity index (χ2v) is 6.01. The van der Waals surface area contributed by atoms with E-state index in [1.807, 2.05) is 0 Å². The van der Waals surface area contributed by atoms with Gasteiger partial charge in [-0.3, -0.25) is 9.59 Å². The summed E-state index contributed by atoms with van der Waals surface area (Å²) in [5.74, 6) is 1.02. The summed E-state index contributed by atoms with van der Waals surface area (Å²) in [5.41, 5.74) is 0.641. The smallest absolute Gasteiger partial charge is 0.251 e. The monoisotopic (exact) mass is 287 g/mol. The minimum atomic E-state index is -0.0255. The van der Waals surface area contributed by atoms with Crippen molar-refractivity contribution in [3.63, 3.8) is 0 Å². The fraction of sp³-hybridized carbons (Fsp3) is 0.529. The zero-order chi connectivity index (χ0) is 14.7. The van der Waals surface area contributed by atoms with Crippen LogP contribution >= 0.6 is 0 Å². The van der Waals surface area contributed by atoms with Crippen LogP contribution in [0.5, 0.6) is 5.75 Å². The van der Waals surface area contributed by atoms with E-state index >= 15 is 0 Å². The molecule has 1 aromatic rings. The van der Waals surface area contributed by atoms with Crippen LogP contribution in [0.1, 0.15) is 48.9 Å². The number of rotatable bonds is 6. The molecule has 1 N–H and O–H groups in total. The Kier molecular flexibility index (Phi) is 4.23. The van der Waals surface area contributed by atoms with E-state index in [0.717, 1.165) is 25.7 Å². The molecule has 0 saturated heterocycles. The Morgan fingerprint density at radius 2 is 1.71 bits per heavy atom. The van der Waals surface area contributed by atoms with Crippen LogP contribution in [0.4, 0.5) is 0 Å². The molecule has 112 valence electrons. The Morgan fingerprint density at radius 3 is 2.33 bits per heavy atom. The van der Waals surface area contributed by atoms with Crippen LogP contribution in [-0.2, 0) is 4.79 Å². The van der Waals surface area contributed by atoms with Gasteiger partial charge in [0, 0.05) is 17.5 Å². The lowest BCUT2D eigenvalue weighted by molar-refractivity contribution is -0.122. The van der Waals surface area contributed by atoms with Crippen LogP contribution in [0.2, 0.25) is 0 Å². The lowest BCUT2D eigenvalue weighted by Gasteiger charge is -2.12. The van der Waals surface area contributed by atoms with Crippen LogP contribution in [0, 0.1) is 5.92 Å². The summed E-state index contributed by atoms with van der Waals surface area (Å²) < 4.78 is 5.46. The molecule has 0 radical (unpaired) electrons. The molecule has 0 heterocycles. The number of nitrogens with one attached hydrogen (secondary N) is 1. The Hall–Kier alpha value is -1.84. The van der Waals surface area contributed by atoms with Crippen LogP contribution in [0.15, 0.2) is 24.3 Å². The average molecular weight is 287 g/mol. The van der Waals surface area contributed by atoms with Crippen molar-refractivity contribution in [2.75, 3.05) is 6.61 Å². The third-order valence-electron chi connectivity index (χ3n) is 4.22. The standard InChI is InChI=1S/C17H21NO3/c19-16(12-5-6-12)11-21-15-9-7-13(8-10-15)17(20)18-14-3-1-2-4-14/h7-10,12,14H,1-6,11H2,(H,18,20). The molecular weight excluding hydrogens is 266 g/mol. The normalized spacial score (nSPS) is 18.5. The number of carbonyl (C=O) groups is 2. The molecule has 4 nitrogen and oxygen atoms in total. The number of carbonyl (C=O) groups excluding carboxylic acids is 2. The van der Waals surface area contributed by atoms with Gasteiger partial charge in [-0.2, -0.15) is 0 Å². The van der Waals surface area contributed by atoms with Crippen molar-refractivity contribution < 1.29 is 14.3 Å². The minimum Gasteiger partial charge on any atom is -0.486 e. The van der Waals surface area contributed by atoms with Crippen molar-refractivity contribution in [2.24, 2.45) is 5.92 Å². The SMILES string of the molecule is O=C(NC1CCCC1)c1ccc(OCC(=O)C2CC2)cc1. The van der Waals surface area contributed by atoms with Gasteiger partial charge < -0.3 is 10.1 Å². The largest absolute Gasteiger partial charge is 0.486 e. The summed E-state index contributed by atoms with van der Waals surface area (Å²) >= 11 is 0. The predicted octanol–water partition coefficient (Wildman–Crippen LogP) is 2.72. The second-order valence-electron chi connectivity index (χ2n) is 6.01. The van der Waals surface area contributed by atoms with E-state index in [1.165, 1.54) is 12.8 Å². The van der Waals surface area contributed by atoms with Crippen LogP contribution in [0.25, 0.3) is 0 Å². The summed E-state index contributed by atoms with van der Waals surface area (Å²) in [6.07, 6.45) is 6.57. The maximum atomic E-state index is 12.1. The van der Waals surface area contributed by atoms with Gasteiger partial charge in [-0.05, 0) is 49.9 Å². The molecule has 4 heteroatoms. The first-order chi connectivity index (χ1) is 10.2. The average Bonchev–Trinajstić information content (AvgIpc) is 3.24. The molecule has 2 aliphatic rings. The Balaban J connectivity index is 1.50. The van der Waals surface area contributed by atoms with E-state index in [0.29, 0.717) is 17.4 Å². The van der Waals surface area contributed by atoms with Crippen LogP contribution < -0.4 is 10.1 Å². The first kappa shape index (κ1) is 14.1. The van der Waals surface area contributed by atoms with Gasteiger partial charge in [0.25, 0.3) is 5.91 Å². The summed E-state index contributed by atoms with van der Waals surface area (Å²) in [6.45, 7) is 0.137. The van der Waals surface area contributed by atoms with Gasteiger partial charge in [0.1, 0.15) is 12.4 Å². The first-order valence-corrected chi connectivity index (χ1v) is 7.79. The van der Waals surface area contributed by atoms with Crippen molar-refractivity contribution in [3.8, 4) is 5.75 Å². The van der Waals surface area contributed by atoms with Crippen molar-refractivity contribution in [1.82, 2.24) is 5.32 Å². The zero-order valence-electron chi connectivity index (χ0n) is 12.1. The predicted molar refractivity (Wildman–Crippen MR) is 79.4 cm³/mol. The molecule has 0 aromatic heterocycles. The van der Waals surface area contributed by atoms with Gasteiger partial charge in [0.05, 0.1) is 0 Å². The summed E-state index contributed by atoms with van der Waals surface area (Å²) in [4.78, 5) is 23.6. The van der Waals surface area contributed by atoms with Gasteiger partial charge in [-0.15, -0.1) is 0 Å². The molecule has 0 bridgehead atoms. The number of ether oxygens (including phenoxy) is 1. The number of hydrogen-bond donors (Lipinski definition) is 1. The van der Waals surface area contributed by atoms with Gasteiger partial charge in [0.2, 0.25) is 0 Å². The van der Waals surface area contributed by atoms with Crippen molar-refractivity contribution in [3.05, 3.63) is 29.8 Å². The van der Waals surface area contributed by atoms with E-state index in [1.54, 1.807) is 24.3 Å². The van der Waals surface area contributed by atoms with Gasteiger partial charge in [-0.25, -0.2) is 0 Å². The second kappa shape index (κ2) is 6.29. The molecule has 0 aliphatic heterocycles. The quantitative estimate of drug-likeness (QED) is 0.875. The van der Waals surface area contributed by atoms with Crippen LogP contribution in [-0.4, -0.2) is 24.3 Å². The lowest BCUT2D eigenvalue weighted by Crippen LogP contribution is -2.32. The number of Topliss-reactive ketones (excluding diaryl/α,β-unsaturated/α-hetero) is 1. The molecule has 2 saturated carbocycles. The fourth-order valence-electron chi connectivity index (χ4n) is 2.72. The van der Waals surface area contributed by atoms with Crippen molar-refractivity contribution in [1.29, 1.82) is 0 Å². The molecule has 0 unspecified atom stereocenters. The van der Waals surface area contributed by atoms with Crippen molar-refractivity contribution in [2.45, 2.75) is 44.6 Å². The lowest BCUT2D eigenvalue weighted by atomic mass is 10.1. The van der Waals surface area contributed by atoms with Gasteiger partial charge >= 0.3 is 0 Å². The zero-order valence-corrected chi connectivity index (χ0v) is 12.1. The van der Waals surface area contributed by atoms with E-state index < -0.39 is 0 Å². The summed E-state index contributed by atoms with van der Waals surface area (Å²) in [6, 6.07) is 7.33. The maximum absolute atomic E-state index is 12.1. The van der Waals surface area contributed by atoms with Crippen LogP contribution in [0.3, 0.4) is 0 Å². The Morgan fingerprint density at radius 1 is 1.05 bits per heavy atom. The fourth-order valence-corrected chi connectivity index (χ4v) is 2.72. The molecular formula is C17H21NO3. The van der Waals surface area contributed by atoms with Gasteiger partial charge in [-0.1, -0.05) is 12.8 Å². The maximum Gasteiger partial charge on any atom is 0.251 e. The molecule has 3 rings (SSSR count). The number of benzene rings is 1. The van der Waals surface area contributed by atoms with E-state index in [4.69, 9.17) is 4.74 Å². The molecule has 2 fully saturated rings.